The van der Waals surface area contributed by atoms with Gasteiger partial charge in [-0.05, 0) is 25.0 Å². The zero-order chi connectivity index (χ0) is 17.0. The summed E-state index contributed by atoms with van der Waals surface area (Å²) < 4.78 is 37.5. The van der Waals surface area contributed by atoms with Gasteiger partial charge in [-0.25, -0.2) is 18.5 Å². The molecule has 0 unspecified atom stereocenters. The van der Waals surface area contributed by atoms with Crippen LogP contribution in [0.5, 0.6) is 11.5 Å². The number of methoxy groups -OCH3 is 1. The standard InChI is InChI=1S/C15H20N4O4S/c1-22-13-6-2-3-7-14(13)23-10-12-5-4-8-19(9-12)24(20,21)15-16-11-17-18-15/h2-3,6-7,11-12H,4-5,8-10H2,1H3,(H,16,17,18)/t12-/m0/s1. The number of ether oxygens (including phenoxy) is 2. The van der Waals surface area contributed by atoms with Crippen LogP contribution < -0.4 is 9.47 Å². The Hall–Kier alpha value is -2.13. The fraction of sp³-hybridized carbons (Fsp3) is 0.467. The van der Waals surface area contributed by atoms with Gasteiger partial charge in [0, 0.05) is 19.0 Å². The van der Waals surface area contributed by atoms with Crippen LogP contribution in [0.4, 0.5) is 0 Å². The van der Waals surface area contributed by atoms with Gasteiger partial charge >= 0.3 is 0 Å². The maximum Gasteiger partial charge on any atom is 0.278 e. The minimum absolute atomic E-state index is 0.112. The van der Waals surface area contributed by atoms with E-state index in [1.54, 1.807) is 7.11 Å². The van der Waals surface area contributed by atoms with Gasteiger partial charge in [0.05, 0.1) is 13.7 Å². The molecule has 130 valence electrons. The molecule has 8 nitrogen and oxygen atoms in total. The van der Waals surface area contributed by atoms with E-state index >= 15 is 0 Å². The van der Waals surface area contributed by atoms with Crippen LogP contribution in [-0.4, -0.2) is 54.7 Å². The van der Waals surface area contributed by atoms with Gasteiger partial charge in [-0.3, -0.25) is 0 Å². The van der Waals surface area contributed by atoms with E-state index in [0.717, 1.165) is 12.8 Å². The molecule has 1 aromatic carbocycles. The Morgan fingerprint density at radius 3 is 2.83 bits per heavy atom. The lowest BCUT2D eigenvalue weighted by atomic mass is 10.0. The van der Waals surface area contributed by atoms with E-state index < -0.39 is 10.0 Å². The number of rotatable bonds is 6. The Balaban J connectivity index is 1.64. The van der Waals surface area contributed by atoms with Crippen molar-refractivity contribution < 1.29 is 17.9 Å². The highest BCUT2D eigenvalue weighted by molar-refractivity contribution is 7.88. The Morgan fingerprint density at radius 2 is 2.12 bits per heavy atom. The summed E-state index contributed by atoms with van der Waals surface area (Å²) in [7, 11) is -2.03. The highest BCUT2D eigenvalue weighted by atomic mass is 32.2. The average molecular weight is 352 g/mol. The quantitative estimate of drug-likeness (QED) is 0.841. The number of para-hydroxylation sites is 2. The number of H-pyrrole nitrogens is 1. The summed E-state index contributed by atoms with van der Waals surface area (Å²) in [4.78, 5) is 3.76. The fourth-order valence-electron chi connectivity index (χ4n) is 2.77. The molecule has 1 atom stereocenters. The van der Waals surface area contributed by atoms with Gasteiger partial charge in [-0.2, -0.15) is 9.40 Å². The topological polar surface area (TPSA) is 97.4 Å². The molecule has 0 amide bonds. The van der Waals surface area contributed by atoms with Crippen molar-refractivity contribution >= 4 is 10.0 Å². The van der Waals surface area contributed by atoms with Gasteiger partial charge in [-0.1, -0.05) is 12.1 Å². The molecule has 2 aromatic rings. The number of nitrogens with zero attached hydrogens (tertiary/aromatic N) is 3. The molecule has 24 heavy (non-hydrogen) atoms. The number of nitrogens with one attached hydrogen (secondary N) is 1. The molecule has 3 rings (SSSR count). The van der Waals surface area contributed by atoms with E-state index in [1.165, 1.54) is 10.6 Å². The third-order valence-electron chi connectivity index (χ3n) is 4.00. The van der Waals surface area contributed by atoms with E-state index in [2.05, 4.69) is 15.2 Å². The maximum atomic E-state index is 12.5. The molecule has 0 aliphatic carbocycles. The largest absolute Gasteiger partial charge is 0.493 e. The maximum absolute atomic E-state index is 12.5. The van der Waals surface area contributed by atoms with Crippen molar-refractivity contribution in [1.82, 2.24) is 19.5 Å². The molecule has 1 saturated heterocycles. The number of aromatic nitrogens is 3. The summed E-state index contributed by atoms with van der Waals surface area (Å²) >= 11 is 0. The van der Waals surface area contributed by atoms with Crippen molar-refractivity contribution in [2.45, 2.75) is 18.0 Å². The average Bonchev–Trinajstić information content (AvgIpc) is 3.16. The summed E-state index contributed by atoms with van der Waals surface area (Å²) in [6.45, 7) is 1.31. The first-order valence-corrected chi connectivity index (χ1v) is 9.16. The number of piperidine rings is 1. The van der Waals surface area contributed by atoms with Crippen LogP contribution in [0.25, 0.3) is 0 Å². The molecule has 0 radical (unpaired) electrons. The highest BCUT2D eigenvalue weighted by Gasteiger charge is 2.32. The summed E-state index contributed by atoms with van der Waals surface area (Å²) in [5.41, 5.74) is 0. The van der Waals surface area contributed by atoms with Gasteiger partial charge in [0.15, 0.2) is 11.5 Å². The second kappa shape index (κ2) is 7.18. The minimum atomic E-state index is -3.62. The number of hydrogen-bond acceptors (Lipinski definition) is 6. The van der Waals surface area contributed by atoms with Crippen molar-refractivity contribution in [2.24, 2.45) is 5.92 Å². The third-order valence-corrected chi connectivity index (χ3v) is 5.70. The lowest BCUT2D eigenvalue weighted by Gasteiger charge is -2.31. The van der Waals surface area contributed by atoms with Crippen molar-refractivity contribution in [3.8, 4) is 11.5 Å². The van der Waals surface area contributed by atoms with Crippen molar-refractivity contribution in [2.75, 3.05) is 26.8 Å². The number of aromatic amines is 1. The second-order valence-electron chi connectivity index (χ2n) is 5.62. The van der Waals surface area contributed by atoms with Crippen LogP contribution in [0.2, 0.25) is 0 Å². The number of hydrogen-bond donors (Lipinski definition) is 1. The Kier molecular flexibility index (Phi) is 5.00. The molecule has 1 aliphatic rings. The second-order valence-corrected chi connectivity index (χ2v) is 7.48. The van der Waals surface area contributed by atoms with E-state index in [0.29, 0.717) is 31.2 Å². The lowest BCUT2D eigenvalue weighted by Crippen LogP contribution is -2.41. The normalized spacial score (nSPS) is 19.1. The molecule has 0 saturated carbocycles. The zero-order valence-corrected chi connectivity index (χ0v) is 14.2. The van der Waals surface area contributed by atoms with Crippen LogP contribution in [0.3, 0.4) is 0 Å². The van der Waals surface area contributed by atoms with Crippen molar-refractivity contribution in [3.05, 3.63) is 30.6 Å². The molecule has 0 spiro atoms. The van der Waals surface area contributed by atoms with E-state index in [9.17, 15) is 8.42 Å². The molecule has 1 N–H and O–H groups in total. The molecule has 1 fully saturated rings. The summed E-state index contributed by atoms with van der Waals surface area (Å²) in [6.07, 6.45) is 2.89. The first-order valence-electron chi connectivity index (χ1n) is 7.72. The first-order chi connectivity index (χ1) is 11.6. The SMILES string of the molecule is COc1ccccc1OC[C@H]1CCCN(S(=O)(=O)c2ncn[nH]2)C1. The van der Waals surface area contributed by atoms with Gasteiger partial charge in [0.25, 0.3) is 15.2 Å². The van der Waals surface area contributed by atoms with E-state index in [1.807, 2.05) is 24.3 Å². The van der Waals surface area contributed by atoms with E-state index in [-0.39, 0.29) is 11.1 Å². The monoisotopic (exact) mass is 352 g/mol. The van der Waals surface area contributed by atoms with Gasteiger partial charge in [0.2, 0.25) is 0 Å². The predicted octanol–water partition coefficient (Wildman–Crippen LogP) is 1.29. The number of benzene rings is 1. The molecule has 2 heterocycles. The molecular formula is C15H20N4O4S. The van der Waals surface area contributed by atoms with Crippen molar-refractivity contribution in [1.29, 1.82) is 0 Å². The van der Waals surface area contributed by atoms with Crippen LogP contribution in [0, 0.1) is 5.92 Å². The van der Waals surface area contributed by atoms with E-state index in [4.69, 9.17) is 9.47 Å². The zero-order valence-electron chi connectivity index (χ0n) is 13.4. The minimum Gasteiger partial charge on any atom is -0.493 e. The Morgan fingerprint density at radius 1 is 1.33 bits per heavy atom. The van der Waals surface area contributed by atoms with Crippen LogP contribution >= 0.6 is 0 Å². The molecular weight excluding hydrogens is 332 g/mol. The van der Waals surface area contributed by atoms with Gasteiger partial charge in [0.1, 0.15) is 6.33 Å². The predicted molar refractivity (Wildman–Crippen MR) is 86.4 cm³/mol. The Bertz CT molecular complexity index is 764. The highest BCUT2D eigenvalue weighted by Crippen LogP contribution is 2.28. The van der Waals surface area contributed by atoms with Crippen molar-refractivity contribution in [3.63, 3.8) is 0 Å². The first kappa shape index (κ1) is 16.7. The lowest BCUT2D eigenvalue weighted by molar-refractivity contribution is 0.176. The van der Waals surface area contributed by atoms with Gasteiger partial charge < -0.3 is 9.47 Å². The molecule has 0 bridgehead atoms. The molecule has 1 aromatic heterocycles. The van der Waals surface area contributed by atoms with Crippen LogP contribution in [0.1, 0.15) is 12.8 Å². The van der Waals surface area contributed by atoms with Crippen LogP contribution in [-0.2, 0) is 10.0 Å². The summed E-state index contributed by atoms with van der Waals surface area (Å²) in [5.74, 6) is 1.44. The third kappa shape index (κ3) is 3.51. The summed E-state index contributed by atoms with van der Waals surface area (Å²) in [5, 5.41) is 5.92. The summed E-state index contributed by atoms with van der Waals surface area (Å²) in [6, 6.07) is 7.42. The molecule has 1 aliphatic heterocycles. The number of sulfonamides is 1. The Labute approximate surface area is 140 Å². The fourth-order valence-corrected chi connectivity index (χ4v) is 4.14. The van der Waals surface area contributed by atoms with Gasteiger partial charge in [-0.15, -0.1) is 0 Å². The smallest absolute Gasteiger partial charge is 0.278 e. The molecule has 9 heteroatoms. The van der Waals surface area contributed by atoms with Crippen LogP contribution in [0.15, 0.2) is 35.7 Å².